The quantitative estimate of drug-likeness (QED) is 0.105. The van der Waals surface area contributed by atoms with Gasteiger partial charge in [0, 0.05) is 73.9 Å². The predicted molar refractivity (Wildman–Crippen MR) is 159 cm³/mol. The van der Waals surface area contributed by atoms with E-state index in [0.717, 1.165) is 105 Å². The van der Waals surface area contributed by atoms with Crippen LogP contribution in [0, 0.1) is 0 Å². The summed E-state index contributed by atoms with van der Waals surface area (Å²) in [4.78, 5) is 4.99. The van der Waals surface area contributed by atoms with E-state index in [1.165, 1.54) is 12.8 Å². The lowest BCUT2D eigenvalue weighted by molar-refractivity contribution is 0.0374. The zero-order valence-corrected chi connectivity index (χ0v) is 25.3. The molecule has 2 aliphatic heterocycles. The maximum atomic E-state index is 5.43. The molecule has 2 unspecified atom stereocenters. The molecule has 0 spiro atoms. The van der Waals surface area contributed by atoms with Gasteiger partial charge in [-0.1, -0.05) is 0 Å². The molecule has 2 rings (SSSR count). The van der Waals surface area contributed by atoms with E-state index in [2.05, 4.69) is 58.8 Å². The average Bonchev–Trinajstić information content (AvgIpc) is 2.83. The van der Waals surface area contributed by atoms with E-state index in [4.69, 9.17) is 34.7 Å². The van der Waals surface area contributed by atoms with Crippen LogP contribution in [0.2, 0.25) is 0 Å². The molecule has 2 aliphatic rings. The lowest BCUT2D eigenvalue weighted by Crippen LogP contribution is -2.54. The smallest absolute Gasteiger partial charge is 0.0594 e. The number of morpholine rings is 2. The van der Waals surface area contributed by atoms with Crippen molar-refractivity contribution < 1.29 is 9.47 Å². The molecule has 2 fully saturated rings. The Kier molecular flexibility index (Phi) is 16.2. The van der Waals surface area contributed by atoms with E-state index >= 15 is 0 Å². The van der Waals surface area contributed by atoms with E-state index < -0.39 is 0 Å². The van der Waals surface area contributed by atoms with E-state index in [9.17, 15) is 0 Å². The van der Waals surface area contributed by atoms with Crippen molar-refractivity contribution in [3.05, 3.63) is 0 Å². The molecule has 2 atom stereocenters. The molecule has 0 radical (unpaired) electrons. The predicted octanol–water partition coefficient (Wildman–Crippen LogP) is 0.943. The second-order valence-electron chi connectivity index (χ2n) is 11.3. The third kappa shape index (κ3) is 14.5. The van der Waals surface area contributed by atoms with E-state index in [0.29, 0.717) is 12.1 Å². The summed E-state index contributed by atoms with van der Waals surface area (Å²) in [6.45, 7) is 24.5. The fourth-order valence-electron chi connectivity index (χ4n) is 4.63. The molecule has 0 aromatic rings. The van der Waals surface area contributed by atoms with Crippen molar-refractivity contribution in [3.8, 4) is 0 Å². The average molecular weight is 549 g/mol. The molecule has 4 N–H and O–H groups in total. The number of thiol groups is 2. The Morgan fingerprint density at radius 1 is 0.639 bits per heavy atom. The van der Waals surface area contributed by atoms with Crippen molar-refractivity contribution in [2.75, 3.05) is 105 Å². The first-order valence-electron chi connectivity index (χ1n) is 14.1. The molecule has 0 aromatic heterocycles. The van der Waals surface area contributed by atoms with Crippen molar-refractivity contribution in [1.29, 1.82) is 0 Å². The minimum atomic E-state index is -0.0958. The highest BCUT2D eigenvalue weighted by Gasteiger charge is 2.27. The SMILES string of the molecule is CC(C)(S)C(CNCCCN1CCOCC1)NCCNC(CNCCCN1CCOCC1)C(C)(C)S. The summed E-state index contributed by atoms with van der Waals surface area (Å²) in [6, 6.07) is 0.596. The third-order valence-electron chi connectivity index (χ3n) is 7.17. The van der Waals surface area contributed by atoms with Gasteiger partial charge in [0.25, 0.3) is 0 Å². The number of nitrogens with zero attached hydrogens (tertiary/aromatic N) is 2. The van der Waals surface area contributed by atoms with Crippen LogP contribution in [0.25, 0.3) is 0 Å². The van der Waals surface area contributed by atoms with Crippen molar-refractivity contribution in [2.45, 2.75) is 62.1 Å². The summed E-state index contributed by atoms with van der Waals surface area (Å²) in [5, 5.41) is 14.8. The Morgan fingerprint density at radius 3 is 1.33 bits per heavy atom. The summed E-state index contributed by atoms with van der Waals surface area (Å²) >= 11 is 9.75. The number of rotatable bonds is 19. The molecule has 8 nitrogen and oxygen atoms in total. The van der Waals surface area contributed by atoms with Gasteiger partial charge in [0.05, 0.1) is 26.4 Å². The molecule has 0 amide bonds. The minimum absolute atomic E-state index is 0.0958. The van der Waals surface area contributed by atoms with Crippen molar-refractivity contribution >= 4 is 25.3 Å². The highest BCUT2D eigenvalue weighted by atomic mass is 32.1. The molecule has 36 heavy (non-hydrogen) atoms. The molecular formula is C26H56N6O2S2. The van der Waals surface area contributed by atoms with Crippen LogP contribution < -0.4 is 21.3 Å². The van der Waals surface area contributed by atoms with Gasteiger partial charge < -0.3 is 30.7 Å². The number of ether oxygens (including phenoxy) is 2. The molecule has 0 aromatic carbocycles. The highest BCUT2D eigenvalue weighted by molar-refractivity contribution is 7.82. The topological polar surface area (TPSA) is 73.1 Å². The molecule has 10 heteroatoms. The summed E-state index contributed by atoms with van der Waals surface area (Å²) in [6.07, 6.45) is 2.33. The van der Waals surface area contributed by atoms with Crippen LogP contribution in [0.4, 0.5) is 0 Å². The van der Waals surface area contributed by atoms with Gasteiger partial charge in [-0.3, -0.25) is 9.80 Å². The van der Waals surface area contributed by atoms with Crippen molar-refractivity contribution in [1.82, 2.24) is 31.1 Å². The first kappa shape index (κ1) is 32.6. The van der Waals surface area contributed by atoms with Gasteiger partial charge in [0.2, 0.25) is 0 Å². The van der Waals surface area contributed by atoms with Crippen LogP contribution in [-0.4, -0.2) is 136 Å². The zero-order chi connectivity index (χ0) is 26.3. The van der Waals surface area contributed by atoms with E-state index in [1.54, 1.807) is 0 Å². The Hall–Kier alpha value is 0.380. The van der Waals surface area contributed by atoms with Gasteiger partial charge in [-0.2, -0.15) is 25.3 Å². The van der Waals surface area contributed by atoms with Gasteiger partial charge in [-0.05, 0) is 66.7 Å². The van der Waals surface area contributed by atoms with Crippen molar-refractivity contribution in [2.24, 2.45) is 0 Å². The summed E-state index contributed by atoms with van der Waals surface area (Å²) < 4.78 is 10.7. The summed E-state index contributed by atoms with van der Waals surface area (Å²) in [5.41, 5.74) is 0. The zero-order valence-electron chi connectivity index (χ0n) is 23.5. The Balaban J connectivity index is 1.59. The van der Waals surface area contributed by atoms with Crippen LogP contribution in [0.1, 0.15) is 40.5 Å². The lowest BCUT2D eigenvalue weighted by atomic mass is 10.0. The van der Waals surface area contributed by atoms with Gasteiger partial charge in [0.15, 0.2) is 0 Å². The fraction of sp³-hybridized carbons (Fsp3) is 1.00. The van der Waals surface area contributed by atoms with Crippen LogP contribution in [-0.2, 0) is 9.47 Å². The second-order valence-corrected chi connectivity index (χ2v) is 13.6. The largest absolute Gasteiger partial charge is 0.379 e. The monoisotopic (exact) mass is 548 g/mol. The maximum Gasteiger partial charge on any atom is 0.0594 e. The molecule has 2 saturated heterocycles. The molecular weight excluding hydrogens is 492 g/mol. The normalized spacial score (nSPS) is 20.5. The highest BCUT2D eigenvalue weighted by Crippen LogP contribution is 2.18. The first-order valence-corrected chi connectivity index (χ1v) is 15.0. The molecule has 214 valence electrons. The number of hydrogen-bond donors (Lipinski definition) is 6. The summed E-state index contributed by atoms with van der Waals surface area (Å²) in [5.74, 6) is 0. The van der Waals surface area contributed by atoms with Crippen LogP contribution in [0.3, 0.4) is 0 Å². The van der Waals surface area contributed by atoms with Crippen LogP contribution in [0.15, 0.2) is 0 Å². The molecule has 0 bridgehead atoms. The Bertz CT molecular complexity index is 502. The Morgan fingerprint density at radius 2 is 1.00 bits per heavy atom. The van der Waals surface area contributed by atoms with E-state index in [1.807, 2.05) is 0 Å². The Labute approximate surface area is 232 Å². The molecule has 0 aliphatic carbocycles. The van der Waals surface area contributed by atoms with Crippen LogP contribution in [0.5, 0.6) is 0 Å². The van der Waals surface area contributed by atoms with Gasteiger partial charge in [-0.15, -0.1) is 0 Å². The van der Waals surface area contributed by atoms with Gasteiger partial charge in [-0.25, -0.2) is 0 Å². The van der Waals surface area contributed by atoms with Gasteiger partial charge >= 0.3 is 0 Å². The number of hydrogen-bond acceptors (Lipinski definition) is 10. The molecule has 0 saturated carbocycles. The standard InChI is InChI=1S/C26H56N6O2S2/c1-25(2,35)23(21-27-7-5-11-31-13-17-33-18-14-31)29-9-10-30-24(26(3,4)36)22-28-8-6-12-32-15-19-34-20-16-32/h23-24,27-30,35-36H,5-22H2,1-4H3. The maximum absolute atomic E-state index is 5.43. The third-order valence-corrected chi connectivity index (χ3v) is 7.80. The second kappa shape index (κ2) is 17.9. The van der Waals surface area contributed by atoms with Crippen LogP contribution >= 0.6 is 25.3 Å². The van der Waals surface area contributed by atoms with Crippen molar-refractivity contribution in [3.63, 3.8) is 0 Å². The lowest BCUT2D eigenvalue weighted by Gasteiger charge is -2.33. The van der Waals surface area contributed by atoms with E-state index in [-0.39, 0.29) is 9.49 Å². The van der Waals surface area contributed by atoms with Gasteiger partial charge in [0.1, 0.15) is 0 Å². The fourth-order valence-corrected chi connectivity index (χ4v) is 5.00. The first-order chi connectivity index (χ1) is 17.2. The number of nitrogens with one attached hydrogen (secondary N) is 4. The molecule has 2 heterocycles. The minimum Gasteiger partial charge on any atom is -0.379 e. The summed E-state index contributed by atoms with van der Waals surface area (Å²) in [7, 11) is 0.